The van der Waals surface area contributed by atoms with Gasteiger partial charge in [0.2, 0.25) is 0 Å². The Labute approximate surface area is 129 Å². The standard InChI is InChI=1S/C15H11ClF2N2S/c1-8(9-3-2-4-11(17)13(9)18)20-14-10(16)5-6-12-15(14)19-7-21-12/h2-8,20H,1H3. The zero-order chi connectivity index (χ0) is 15.0. The van der Waals surface area contributed by atoms with Gasteiger partial charge in [0, 0.05) is 5.56 Å². The summed E-state index contributed by atoms with van der Waals surface area (Å²) < 4.78 is 28.1. The van der Waals surface area contributed by atoms with E-state index >= 15 is 0 Å². The maximum atomic E-state index is 13.8. The number of nitrogens with one attached hydrogen (secondary N) is 1. The molecule has 1 N–H and O–H groups in total. The van der Waals surface area contributed by atoms with E-state index in [-0.39, 0.29) is 5.56 Å². The Balaban J connectivity index is 2.00. The molecule has 1 aromatic heterocycles. The highest BCUT2D eigenvalue weighted by Gasteiger charge is 2.17. The van der Waals surface area contributed by atoms with Crippen molar-refractivity contribution in [3.05, 3.63) is 58.1 Å². The number of halogens is 3. The third kappa shape index (κ3) is 2.59. The molecule has 3 aromatic rings. The van der Waals surface area contributed by atoms with E-state index in [1.165, 1.54) is 17.4 Å². The highest BCUT2D eigenvalue weighted by Crippen LogP contribution is 2.35. The molecule has 0 spiro atoms. The van der Waals surface area contributed by atoms with Crippen molar-refractivity contribution >= 4 is 38.8 Å². The average molecular weight is 325 g/mol. The molecule has 0 bridgehead atoms. The van der Waals surface area contributed by atoms with Gasteiger partial charge in [-0.05, 0) is 25.1 Å². The van der Waals surface area contributed by atoms with Gasteiger partial charge in [-0.15, -0.1) is 11.3 Å². The molecule has 1 atom stereocenters. The van der Waals surface area contributed by atoms with Crippen LogP contribution >= 0.6 is 22.9 Å². The minimum Gasteiger partial charge on any atom is -0.375 e. The largest absolute Gasteiger partial charge is 0.375 e. The zero-order valence-electron chi connectivity index (χ0n) is 11.0. The van der Waals surface area contributed by atoms with E-state index in [4.69, 9.17) is 11.6 Å². The summed E-state index contributed by atoms with van der Waals surface area (Å²) in [6.45, 7) is 1.75. The van der Waals surface area contributed by atoms with Crippen molar-refractivity contribution in [3.8, 4) is 0 Å². The van der Waals surface area contributed by atoms with E-state index in [9.17, 15) is 8.78 Å². The maximum absolute atomic E-state index is 13.8. The molecule has 0 radical (unpaired) electrons. The molecule has 0 aliphatic rings. The van der Waals surface area contributed by atoms with Gasteiger partial charge in [-0.25, -0.2) is 13.8 Å². The SMILES string of the molecule is CC(Nc1c(Cl)ccc2scnc12)c1cccc(F)c1F. The smallest absolute Gasteiger partial charge is 0.164 e. The Bertz CT molecular complexity index is 803. The summed E-state index contributed by atoms with van der Waals surface area (Å²) in [7, 11) is 0. The van der Waals surface area contributed by atoms with Crippen LogP contribution in [0.2, 0.25) is 5.02 Å². The van der Waals surface area contributed by atoms with Gasteiger partial charge >= 0.3 is 0 Å². The van der Waals surface area contributed by atoms with Crippen LogP contribution in [0.25, 0.3) is 10.2 Å². The summed E-state index contributed by atoms with van der Waals surface area (Å²) in [4.78, 5) is 4.27. The van der Waals surface area contributed by atoms with Crippen molar-refractivity contribution in [2.75, 3.05) is 5.32 Å². The summed E-state index contributed by atoms with van der Waals surface area (Å²) >= 11 is 7.69. The van der Waals surface area contributed by atoms with Gasteiger partial charge in [-0.3, -0.25) is 0 Å². The molecule has 1 heterocycles. The van der Waals surface area contributed by atoms with E-state index in [0.29, 0.717) is 10.7 Å². The van der Waals surface area contributed by atoms with Crippen LogP contribution < -0.4 is 5.32 Å². The van der Waals surface area contributed by atoms with Crippen molar-refractivity contribution in [3.63, 3.8) is 0 Å². The lowest BCUT2D eigenvalue weighted by atomic mass is 10.1. The first-order valence-electron chi connectivity index (χ1n) is 6.30. The van der Waals surface area contributed by atoms with Crippen LogP contribution in [0, 0.1) is 11.6 Å². The minimum absolute atomic E-state index is 0.248. The number of thiazole rings is 1. The molecule has 6 heteroatoms. The summed E-state index contributed by atoms with van der Waals surface area (Å²) in [5, 5.41) is 3.63. The van der Waals surface area contributed by atoms with Crippen LogP contribution in [0.1, 0.15) is 18.5 Å². The van der Waals surface area contributed by atoms with Gasteiger partial charge in [0.05, 0.1) is 27.0 Å². The molecule has 0 aliphatic heterocycles. The summed E-state index contributed by atoms with van der Waals surface area (Å²) in [5.41, 5.74) is 3.33. The lowest BCUT2D eigenvalue weighted by Gasteiger charge is -2.18. The van der Waals surface area contributed by atoms with E-state index in [1.807, 2.05) is 6.07 Å². The quantitative estimate of drug-likeness (QED) is 0.697. The van der Waals surface area contributed by atoms with Crippen molar-refractivity contribution in [2.24, 2.45) is 0 Å². The van der Waals surface area contributed by atoms with Gasteiger partial charge in [-0.2, -0.15) is 0 Å². The molecule has 0 fully saturated rings. The van der Waals surface area contributed by atoms with Crippen LogP contribution in [-0.2, 0) is 0 Å². The monoisotopic (exact) mass is 324 g/mol. The van der Waals surface area contributed by atoms with E-state index in [0.717, 1.165) is 16.3 Å². The van der Waals surface area contributed by atoms with Gasteiger partial charge in [0.1, 0.15) is 5.52 Å². The van der Waals surface area contributed by atoms with Crippen LogP contribution in [0.3, 0.4) is 0 Å². The summed E-state index contributed by atoms with van der Waals surface area (Å²) in [5.74, 6) is -1.71. The number of anilines is 1. The molecular weight excluding hydrogens is 314 g/mol. The fourth-order valence-corrected chi connectivity index (χ4v) is 3.08. The fourth-order valence-electron chi connectivity index (χ4n) is 2.19. The first-order chi connectivity index (χ1) is 10.1. The number of nitrogens with zero attached hydrogens (tertiary/aromatic N) is 1. The predicted molar refractivity (Wildman–Crippen MR) is 83.0 cm³/mol. The molecule has 2 aromatic carbocycles. The Morgan fingerprint density at radius 3 is 2.86 bits per heavy atom. The maximum Gasteiger partial charge on any atom is 0.164 e. The molecule has 0 amide bonds. The predicted octanol–water partition coefficient (Wildman–Crippen LogP) is 5.40. The third-order valence-corrected chi connectivity index (χ3v) is 4.37. The average Bonchev–Trinajstić information content (AvgIpc) is 2.93. The molecule has 0 saturated heterocycles. The van der Waals surface area contributed by atoms with Gasteiger partial charge < -0.3 is 5.32 Å². The second-order valence-corrected chi connectivity index (χ2v) is 5.92. The van der Waals surface area contributed by atoms with Crippen molar-refractivity contribution in [2.45, 2.75) is 13.0 Å². The number of aromatic nitrogens is 1. The van der Waals surface area contributed by atoms with Crippen molar-refractivity contribution < 1.29 is 8.78 Å². The molecule has 108 valence electrons. The second kappa shape index (κ2) is 5.58. The number of hydrogen-bond acceptors (Lipinski definition) is 3. The van der Waals surface area contributed by atoms with Crippen molar-refractivity contribution in [1.82, 2.24) is 4.98 Å². The van der Waals surface area contributed by atoms with Crippen LogP contribution in [0.15, 0.2) is 35.8 Å². The zero-order valence-corrected chi connectivity index (χ0v) is 12.6. The first-order valence-corrected chi connectivity index (χ1v) is 7.56. The second-order valence-electron chi connectivity index (χ2n) is 4.63. The van der Waals surface area contributed by atoms with Gasteiger partial charge in [0.25, 0.3) is 0 Å². The Morgan fingerprint density at radius 2 is 2.05 bits per heavy atom. The van der Waals surface area contributed by atoms with Crippen LogP contribution in [0.4, 0.5) is 14.5 Å². The molecule has 3 rings (SSSR count). The van der Waals surface area contributed by atoms with Crippen LogP contribution in [-0.4, -0.2) is 4.98 Å². The highest BCUT2D eigenvalue weighted by atomic mass is 35.5. The summed E-state index contributed by atoms with van der Waals surface area (Å²) in [6.07, 6.45) is 0. The number of benzene rings is 2. The molecule has 0 aliphatic carbocycles. The first kappa shape index (κ1) is 14.2. The Kier molecular flexibility index (Phi) is 3.78. The van der Waals surface area contributed by atoms with E-state index in [2.05, 4.69) is 10.3 Å². The van der Waals surface area contributed by atoms with Crippen LogP contribution in [0.5, 0.6) is 0 Å². The molecule has 21 heavy (non-hydrogen) atoms. The Morgan fingerprint density at radius 1 is 1.24 bits per heavy atom. The summed E-state index contributed by atoms with van der Waals surface area (Å²) in [6, 6.07) is 7.33. The van der Waals surface area contributed by atoms with Gasteiger partial charge in [0.15, 0.2) is 11.6 Å². The number of rotatable bonds is 3. The molecule has 1 unspecified atom stereocenters. The van der Waals surface area contributed by atoms with E-state index in [1.54, 1.807) is 24.6 Å². The molecular formula is C15H11ClF2N2S. The third-order valence-electron chi connectivity index (χ3n) is 3.26. The normalized spacial score (nSPS) is 12.6. The number of hydrogen-bond donors (Lipinski definition) is 1. The highest BCUT2D eigenvalue weighted by molar-refractivity contribution is 7.16. The van der Waals surface area contributed by atoms with E-state index < -0.39 is 17.7 Å². The van der Waals surface area contributed by atoms with Gasteiger partial charge in [-0.1, -0.05) is 23.7 Å². The molecule has 2 nitrogen and oxygen atoms in total. The molecule has 0 saturated carbocycles. The minimum atomic E-state index is -0.862. The topological polar surface area (TPSA) is 24.9 Å². The number of fused-ring (bicyclic) bond motifs is 1. The fraction of sp³-hybridized carbons (Fsp3) is 0.133. The lowest BCUT2D eigenvalue weighted by molar-refractivity contribution is 0.495. The lowest BCUT2D eigenvalue weighted by Crippen LogP contribution is -2.10. The Hall–Kier alpha value is -1.72. The van der Waals surface area contributed by atoms with Crippen molar-refractivity contribution in [1.29, 1.82) is 0 Å².